The van der Waals surface area contributed by atoms with Gasteiger partial charge in [0.1, 0.15) is 24.4 Å². The van der Waals surface area contributed by atoms with Crippen LogP contribution in [0.3, 0.4) is 0 Å². The van der Waals surface area contributed by atoms with Gasteiger partial charge in [-0.25, -0.2) is 4.98 Å². The SMILES string of the molecule is NCCCCC(NC(=O)C(Cc1cnc[nH]1)NC(=O)C(N)Cc1ccc(O)cc1)C(=O)NCC(=O)O. The Morgan fingerprint density at radius 1 is 0.972 bits per heavy atom. The number of nitrogens with two attached hydrogens (primary N) is 2. The van der Waals surface area contributed by atoms with E-state index >= 15 is 0 Å². The molecule has 0 spiro atoms. The van der Waals surface area contributed by atoms with Crippen molar-refractivity contribution in [3.8, 4) is 5.75 Å². The van der Waals surface area contributed by atoms with Gasteiger partial charge in [0.25, 0.3) is 0 Å². The van der Waals surface area contributed by atoms with Crippen LogP contribution >= 0.6 is 0 Å². The predicted octanol–water partition coefficient (Wildman–Crippen LogP) is -1.47. The number of unbranched alkanes of at least 4 members (excludes halogenated alkanes) is 1. The summed E-state index contributed by atoms with van der Waals surface area (Å²) in [6.45, 7) is -0.197. The Morgan fingerprint density at radius 3 is 2.28 bits per heavy atom. The molecule has 3 amide bonds. The summed E-state index contributed by atoms with van der Waals surface area (Å²) >= 11 is 0. The quantitative estimate of drug-likeness (QED) is 0.132. The number of aromatic amines is 1. The second-order valence-corrected chi connectivity index (χ2v) is 8.28. The van der Waals surface area contributed by atoms with E-state index in [4.69, 9.17) is 16.6 Å². The molecule has 13 heteroatoms. The first kappa shape index (κ1) is 28.3. The molecule has 1 aromatic heterocycles. The van der Waals surface area contributed by atoms with Crippen LogP contribution in [0.2, 0.25) is 0 Å². The lowest BCUT2D eigenvalue weighted by molar-refractivity contribution is -0.138. The minimum atomic E-state index is -1.22. The maximum absolute atomic E-state index is 13.2. The zero-order valence-electron chi connectivity index (χ0n) is 19.8. The Bertz CT molecular complexity index is 997. The van der Waals surface area contributed by atoms with Crippen molar-refractivity contribution in [1.29, 1.82) is 0 Å². The lowest BCUT2D eigenvalue weighted by Gasteiger charge is -2.24. The normalized spacial score (nSPS) is 13.3. The fourth-order valence-corrected chi connectivity index (χ4v) is 3.40. The summed E-state index contributed by atoms with van der Waals surface area (Å²) in [6.07, 6.45) is 4.52. The van der Waals surface area contributed by atoms with E-state index in [-0.39, 0.29) is 25.0 Å². The molecular weight excluding hydrogens is 470 g/mol. The van der Waals surface area contributed by atoms with Gasteiger partial charge in [-0.2, -0.15) is 0 Å². The molecule has 1 aromatic carbocycles. The molecule has 0 radical (unpaired) electrons. The van der Waals surface area contributed by atoms with Gasteiger partial charge in [0.05, 0.1) is 12.4 Å². The molecule has 1 heterocycles. The van der Waals surface area contributed by atoms with E-state index in [1.54, 1.807) is 12.1 Å². The third-order valence-corrected chi connectivity index (χ3v) is 5.33. The van der Waals surface area contributed by atoms with Crippen molar-refractivity contribution in [3.05, 3.63) is 48.0 Å². The van der Waals surface area contributed by atoms with E-state index in [2.05, 4.69) is 25.9 Å². The molecule has 0 bridgehead atoms. The number of carbonyl (C=O) groups is 4. The van der Waals surface area contributed by atoms with Gasteiger partial charge in [-0.05, 0) is 49.9 Å². The van der Waals surface area contributed by atoms with Gasteiger partial charge in [-0.15, -0.1) is 0 Å². The zero-order chi connectivity index (χ0) is 26.5. The highest BCUT2D eigenvalue weighted by Crippen LogP contribution is 2.11. The second-order valence-electron chi connectivity index (χ2n) is 8.28. The van der Waals surface area contributed by atoms with E-state index < -0.39 is 48.4 Å². The van der Waals surface area contributed by atoms with Crippen molar-refractivity contribution >= 4 is 23.7 Å². The van der Waals surface area contributed by atoms with E-state index in [0.29, 0.717) is 25.1 Å². The smallest absolute Gasteiger partial charge is 0.322 e. The summed E-state index contributed by atoms with van der Waals surface area (Å²) in [5.41, 5.74) is 12.9. The lowest BCUT2D eigenvalue weighted by Crippen LogP contribution is -2.57. The number of phenolic OH excluding ortho intramolecular Hbond substituents is 1. The average Bonchev–Trinajstić information content (AvgIpc) is 3.36. The fourth-order valence-electron chi connectivity index (χ4n) is 3.40. The number of nitrogens with zero attached hydrogens (tertiary/aromatic N) is 1. The Morgan fingerprint density at radius 2 is 1.67 bits per heavy atom. The molecule has 36 heavy (non-hydrogen) atoms. The number of hydrogen-bond donors (Lipinski definition) is 8. The highest BCUT2D eigenvalue weighted by atomic mass is 16.4. The molecule has 196 valence electrons. The average molecular weight is 504 g/mol. The van der Waals surface area contributed by atoms with Crippen LogP contribution in [0.1, 0.15) is 30.5 Å². The molecule has 0 saturated carbocycles. The zero-order valence-corrected chi connectivity index (χ0v) is 19.8. The number of H-pyrrole nitrogens is 1. The van der Waals surface area contributed by atoms with Crippen LogP contribution in [0.5, 0.6) is 5.75 Å². The van der Waals surface area contributed by atoms with Crippen molar-refractivity contribution in [2.24, 2.45) is 11.5 Å². The van der Waals surface area contributed by atoms with Gasteiger partial charge in [0.2, 0.25) is 17.7 Å². The first-order valence-corrected chi connectivity index (χ1v) is 11.5. The number of carboxylic acids is 1. The highest BCUT2D eigenvalue weighted by molar-refractivity contribution is 5.93. The number of benzene rings is 1. The molecule has 0 fully saturated rings. The Labute approximate surface area is 208 Å². The molecule has 2 aromatic rings. The topological polar surface area (TPSA) is 226 Å². The molecule has 2 rings (SSSR count). The Kier molecular flexibility index (Phi) is 11.3. The Hall–Kier alpha value is -3.97. The number of carbonyl (C=O) groups excluding carboxylic acids is 3. The maximum Gasteiger partial charge on any atom is 0.322 e. The number of phenols is 1. The minimum Gasteiger partial charge on any atom is -0.508 e. The van der Waals surface area contributed by atoms with Gasteiger partial charge < -0.3 is 42.6 Å². The van der Waals surface area contributed by atoms with Crippen molar-refractivity contribution in [1.82, 2.24) is 25.9 Å². The molecule has 10 N–H and O–H groups in total. The number of imidazole rings is 1. The van der Waals surface area contributed by atoms with Crippen molar-refractivity contribution in [3.63, 3.8) is 0 Å². The van der Waals surface area contributed by atoms with E-state index in [1.807, 2.05) is 0 Å². The number of amides is 3. The van der Waals surface area contributed by atoms with Crippen molar-refractivity contribution in [2.75, 3.05) is 13.1 Å². The van der Waals surface area contributed by atoms with Crippen LogP contribution in [0.4, 0.5) is 0 Å². The van der Waals surface area contributed by atoms with Gasteiger partial charge in [0, 0.05) is 18.3 Å². The number of nitrogens with one attached hydrogen (secondary N) is 4. The number of aromatic nitrogens is 2. The molecule has 0 aliphatic heterocycles. The standard InChI is InChI=1S/C23H33N7O6/c24-8-2-1-3-18(22(35)27-12-20(32)33)29-23(36)19(10-15-11-26-13-28-15)30-21(34)17(25)9-14-4-6-16(31)7-5-14/h4-7,11,13,17-19,31H,1-3,8-10,12,24-25H2,(H,26,28)(H,27,35)(H,29,36)(H,30,34)(H,32,33). The molecule has 3 unspecified atom stereocenters. The Balaban J connectivity index is 2.11. The van der Waals surface area contributed by atoms with E-state index in [1.165, 1.54) is 24.7 Å². The lowest BCUT2D eigenvalue weighted by atomic mass is 10.0. The molecular formula is C23H33N7O6. The first-order valence-electron chi connectivity index (χ1n) is 11.5. The number of hydrogen-bond acceptors (Lipinski definition) is 8. The summed E-state index contributed by atoms with van der Waals surface area (Å²) < 4.78 is 0. The van der Waals surface area contributed by atoms with E-state index in [0.717, 1.165) is 5.56 Å². The number of aliphatic carboxylic acids is 1. The van der Waals surface area contributed by atoms with Gasteiger partial charge in [-0.1, -0.05) is 12.1 Å². The fraction of sp³-hybridized carbons (Fsp3) is 0.435. The second kappa shape index (κ2) is 14.4. The van der Waals surface area contributed by atoms with Crippen molar-refractivity contribution < 1.29 is 29.4 Å². The monoisotopic (exact) mass is 503 g/mol. The van der Waals surface area contributed by atoms with Gasteiger partial charge >= 0.3 is 5.97 Å². The summed E-state index contributed by atoms with van der Waals surface area (Å²) in [5, 5.41) is 25.8. The minimum absolute atomic E-state index is 0.0514. The summed E-state index contributed by atoms with van der Waals surface area (Å²) in [5.74, 6) is -3.02. The maximum atomic E-state index is 13.2. The van der Waals surface area contributed by atoms with Gasteiger partial charge in [-0.3, -0.25) is 19.2 Å². The summed E-state index contributed by atoms with van der Waals surface area (Å²) in [6, 6.07) is 3.15. The van der Waals surface area contributed by atoms with Crippen LogP contribution < -0.4 is 27.4 Å². The highest BCUT2D eigenvalue weighted by Gasteiger charge is 2.28. The summed E-state index contributed by atoms with van der Waals surface area (Å²) in [7, 11) is 0. The predicted molar refractivity (Wildman–Crippen MR) is 129 cm³/mol. The number of rotatable bonds is 15. The van der Waals surface area contributed by atoms with Gasteiger partial charge in [0.15, 0.2) is 0 Å². The van der Waals surface area contributed by atoms with Crippen LogP contribution in [0.15, 0.2) is 36.8 Å². The van der Waals surface area contributed by atoms with Crippen LogP contribution in [-0.2, 0) is 32.0 Å². The third kappa shape index (κ3) is 9.72. The molecule has 0 aliphatic carbocycles. The molecule has 0 aliphatic rings. The van der Waals surface area contributed by atoms with Crippen LogP contribution in [0, 0.1) is 0 Å². The van der Waals surface area contributed by atoms with Crippen molar-refractivity contribution in [2.45, 2.75) is 50.2 Å². The number of aromatic hydroxyl groups is 1. The summed E-state index contributed by atoms with van der Waals surface area (Å²) in [4.78, 5) is 56.1. The molecule has 0 saturated heterocycles. The largest absolute Gasteiger partial charge is 0.508 e. The van der Waals surface area contributed by atoms with Crippen LogP contribution in [0.25, 0.3) is 0 Å². The van der Waals surface area contributed by atoms with E-state index in [9.17, 15) is 24.3 Å². The first-order chi connectivity index (χ1) is 17.2. The molecule has 13 nitrogen and oxygen atoms in total. The molecule has 3 atom stereocenters. The van der Waals surface area contributed by atoms with Crippen LogP contribution in [-0.4, -0.2) is 75.1 Å². The number of carboxylic acid groups (broad SMARTS) is 1. The third-order valence-electron chi connectivity index (χ3n) is 5.33.